The van der Waals surface area contributed by atoms with E-state index >= 15 is 0 Å². The molecule has 0 bridgehead atoms. The Morgan fingerprint density at radius 3 is 1.79 bits per heavy atom. The Morgan fingerprint density at radius 1 is 0.419 bits per heavy atom. The second-order valence-electron chi connectivity index (χ2n) is 11.5. The van der Waals surface area contributed by atoms with E-state index in [2.05, 4.69) is 157 Å². The maximum Gasteiger partial charge on any atom is 0.0497 e. The molecule has 9 rings (SSSR count). The average Bonchev–Trinajstić information content (AvgIpc) is 3.58. The van der Waals surface area contributed by atoms with Crippen LogP contribution in [0.25, 0.3) is 88.2 Å². The highest BCUT2D eigenvalue weighted by molar-refractivity contribution is 6.23. The lowest BCUT2D eigenvalue weighted by Gasteiger charge is -2.21. The van der Waals surface area contributed by atoms with E-state index in [4.69, 9.17) is 0 Å². The Labute approximate surface area is 251 Å². The van der Waals surface area contributed by atoms with E-state index < -0.39 is 0 Å². The Balaban J connectivity index is 1.45. The fraction of sp³-hybridized carbons (Fsp3) is 0.0476. The van der Waals surface area contributed by atoms with Crippen molar-refractivity contribution in [2.75, 3.05) is 0 Å². The molecule has 0 spiro atoms. The monoisotopic (exact) mass is 547 g/mol. The van der Waals surface area contributed by atoms with Crippen molar-refractivity contribution in [3.8, 4) is 55.6 Å². The summed E-state index contributed by atoms with van der Waals surface area (Å²) in [7, 11) is 0. The van der Waals surface area contributed by atoms with Crippen LogP contribution in [0, 0.1) is 0 Å². The Bertz CT molecular complexity index is 2350. The summed E-state index contributed by atoms with van der Waals surface area (Å²) in [5.41, 5.74) is 15.5. The van der Waals surface area contributed by atoms with Crippen LogP contribution < -0.4 is 0 Å². The maximum absolute atomic E-state index is 2.46. The minimum atomic E-state index is 0.926. The lowest BCUT2D eigenvalue weighted by molar-refractivity contribution is 0.827. The maximum atomic E-state index is 2.46. The van der Waals surface area contributed by atoms with Crippen molar-refractivity contribution < 1.29 is 0 Å². The molecule has 202 valence electrons. The van der Waals surface area contributed by atoms with Gasteiger partial charge in [0, 0.05) is 28.4 Å². The molecule has 7 aromatic carbocycles. The van der Waals surface area contributed by atoms with Crippen LogP contribution in [0.5, 0.6) is 0 Å². The molecule has 0 radical (unpaired) electrons. The molecule has 0 saturated heterocycles. The van der Waals surface area contributed by atoms with Crippen molar-refractivity contribution >= 4 is 32.6 Å². The molecule has 1 aliphatic rings. The third-order valence-corrected chi connectivity index (χ3v) is 9.32. The summed E-state index contributed by atoms with van der Waals surface area (Å²) in [6, 6.07) is 53.8. The normalized spacial score (nSPS) is 11.9. The van der Waals surface area contributed by atoms with Gasteiger partial charge in [-0.1, -0.05) is 127 Å². The highest BCUT2D eigenvalue weighted by Crippen LogP contribution is 2.57. The lowest BCUT2D eigenvalue weighted by Crippen LogP contribution is -1.96. The van der Waals surface area contributed by atoms with Crippen molar-refractivity contribution in [2.45, 2.75) is 13.5 Å². The first-order valence-corrected chi connectivity index (χ1v) is 15.2. The Kier molecular flexibility index (Phi) is 5.24. The summed E-state index contributed by atoms with van der Waals surface area (Å²) < 4.78 is 2.46. The molecule has 43 heavy (non-hydrogen) atoms. The zero-order valence-corrected chi connectivity index (χ0v) is 24.0. The SMILES string of the molecule is CCn1c2ccccc2c2ccc(-c3cc(-c4ccccc4)c4c(c3-c3ccccc3)-c3cccc5cccc-4c35)cc21. The molecule has 1 nitrogen and oxygen atoms in total. The molecule has 1 heteroatoms. The van der Waals surface area contributed by atoms with E-state index in [-0.39, 0.29) is 0 Å². The molecule has 1 aliphatic carbocycles. The molecule has 0 fully saturated rings. The average molecular weight is 548 g/mol. The second kappa shape index (κ2) is 9.31. The zero-order valence-electron chi connectivity index (χ0n) is 24.0. The molecule has 8 aromatic rings. The van der Waals surface area contributed by atoms with Gasteiger partial charge in [-0.05, 0) is 91.5 Å². The quantitative estimate of drug-likeness (QED) is 0.206. The lowest BCUT2D eigenvalue weighted by atomic mass is 9.82. The van der Waals surface area contributed by atoms with Gasteiger partial charge in [0.05, 0.1) is 0 Å². The summed E-state index contributed by atoms with van der Waals surface area (Å²) in [6.07, 6.45) is 0. The first-order valence-electron chi connectivity index (χ1n) is 15.2. The van der Waals surface area contributed by atoms with Crippen molar-refractivity contribution in [3.05, 3.63) is 146 Å². The number of benzene rings is 7. The van der Waals surface area contributed by atoms with Gasteiger partial charge in [0.25, 0.3) is 0 Å². The molecule has 0 saturated carbocycles. The fourth-order valence-electron chi connectivity index (χ4n) is 7.52. The van der Waals surface area contributed by atoms with Crippen LogP contribution in [0.1, 0.15) is 6.92 Å². The molecular weight excluding hydrogens is 518 g/mol. The summed E-state index contributed by atoms with van der Waals surface area (Å²) in [5, 5.41) is 5.27. The molecule has 0 atom stereocenters. The number of rotatable bonds is 4. The van der Waals surface area contributed by atoms with Crippen LogP contribution in [-0.4, -0.2) is 4.57 Å². The summed E-state index contributed by atoms with van der Waals surface area (Å²) in [6.45, 7) is 3.17. The van der Waals surface area contributed by atoms with E-state index in [1.807, 2.05) is 0 Å². The van der Waals surface area contributed by atoms with E-state index in [9.17, 15) is 0 Å². The van der Waals surface area contributed by atoms with Gasteiger partial charge in [0.2, 0.25) is 0 Å². The number of aromatic nitrogens is 1. The first-order chi connectivity index (χ1) is 21.3. The van der Waals surface area contributed by atoms with E-state index in [0.717, 1.165) is 6.54 Å². The highest BCUT2D eigenvalue weighted by Gasteiger charge is 2.30. The summed E-state index contributed by atoms with van der Waals surface area (Å²) >= 11 is 0. The molecule has 1 aromatic heterocycles. The number of fused-ring (bicyclic) bond motifs is 6. The molecule has 0 unspecified atom stereocenters. The van der Waals surface area contributed by atoms with Gasteiger partial charge >= 0.3 is 0 Å². The van der Waals surface area contributed by atoms with Crippen LogP contribution in [-0.2, 0) is 6.54 Å². The Hall–Kier alpha value is -5.40. The van der Waals surface area contributed by atoms with Crippen molar-refractivity contribution in [2.24, 2.45) is 0 Å². The topological polar surface area (TPSA) is 4.93 Å². The number of nitrogens with zero attached hydrogens (tertiary/aromatic N) is 1. The minimum Gasteiger partial charge on any atom is -0.341 e. The van der Waals surface area contributed by atoms with Gasteiger partial charge in [-0.25, -0.2) is 0 Å². The van der Waals surface area contributed by atoms with E-state index in [1.165, 1.54) is 88.2 Å². The van der Waals surface area contributed by atoms with Gasteiger partial charge in [-0.15, -0.1) is 0 Å². The van der Waals surface area contributed by atoms with Crippen LogP contribution in [0.4, 0.5) is 0 Å². The van der Waals surface area contributed by atoms with Crippen molar-refractivity contribution in [1.29, 1.82) is 0 Å². The summed E-state index contributed by atoms with van der Waals surface area (Å²) in [4.78, 5) is 0. The number of para-hydroxylation sites is 1. The van der Waals surface area contributed by atoms with Crippen LogP contribution in [0.3, 0.4) is 0 Å². The fourth-order valence-corrected chi connectivity index (χ4v) is 7.52. The van der Waals surface area contributed by atoms with E-state index in [1.54, 1.807) is 0 Å². The molecule has 0 amide bonds. The van der Waals surface area contributed by atoms with Gasteiger partial charge in [-0.3, -0.25) is 0 Å². The smallest absolute Gasteiger partial charge is 0.0497 e. The molecule has 0 aliphatic heterocycles. The van der Waals surface area contributed by atoms with Crippen LogP contribution in [0.15, 0.2) is 146 Å². The summed E-state index contributed by atoms with van der Waals surface area (Å²) in [5.74, 6) is 0. The number of hydrogen-bond acceptors (Lipinski definition) is 0. The Morgan fingerprint density at radius 2 is 1.05 bits per heavy atom. The third-order valence-electron chi connectivity index (χ3n) is 9.32. The largest absolute Gasteiger partial charge is 0.341 e. The zero-order chi connectivity index (χ0) is 28.5. The van der Waals surface area contributed by atoms with Gasteiger partial charge in [0.15, 0.2) is 0 Å². The van der Waals surface area contributed by atoms with E-state index in [0.29, 0.717) is 0 Å². The predicted molar refractivity (Wildman–Crippen MR) is 183 cm³/mol. The third kappa shape index (κ3) is 3.46. The number of hydrogen-bond donors (Lipinski definition) is 0. The van der Waals surface area contributed by atoms with Gasteiger partial charge < -0.3 is 4.57 Å². The predicted octanol–water partition coefficient (Wildman–Crippen LogP) is 11.6. The van der Waals surface area contributed by atoms with Crippen molar-refractivity contribution in [1.82, 2.24) is 4.57 Å². The van der Waals surface area contributed by atoms with Crippen molar-refractivity contribution in [3.63, 3.8) is 0 Å². The molecule has 0 N–H and O–H groups in total. The minimum absolute atomic E-state index is 0.926. The van der Waals surface area contributed by atoms with Crippen LogP contribution in [0.2, 0.25) is 0 Å². The van der Waals surface area contributed by atoms with Gasteiger partial charge in [0.1, 0.15) is 0 Å². The molecular formula is C42H29N. The molecule has 1 heterocycles. The van der Waals surface area contributed by atoms with Gasteiger partial charge in [-0.2, -0.15) is 0 Å². The number of aryl methyl sites for hydroxylation is 1. The van der Waals surface area contributed by atoms with Crippen LogP contribution >= 0.6 is 0 Å². The second-order valence-corrected chi connectivity index (χ2v) is 11.5. The standard InChI is InChI=1S/C42H29N/c1-2-43-37-22-10-9-19-31(37)32-24-23-30(25-38(32)43)36-26-35(27-13-5-3-6-14-27)41-33-20-11-17-28-18-12-21-34(39(28)33)42(41)40(36)29-15-7-4-8-16-29/h3-26H,2H2,1H3. The first kappa shape index (κ1) is 24.2. The highest BCUT2D eigenvalue weighted by atomic mass is 15.0.